The lowest BCUT2D eigenvalue weighted by atomic mass is 9.64. The molecule has 2 aliphatic heterocycles. The van der Waals surface area contributed by atoms with Crippen molar-refractivity contribution >= 4 is 17.6 Å². The number of carbonyl (C=O) groups is 2. The highest BCUT2D eigenvalue weighted by atomic mass is 19.1. The molecule has 1 saturated carbocycles. The molecule has 2 atom stereocenters. The second-order valence-corrected chi connectivity index (χ2v) is 9.80. The Morgan fingerprint density at radius 3 is 2.45 bits per heavy atom. The average molecular weight is 403 g/mol. The van der Waals surface area contributed by atoms with Gasteiger partial charge in [0.15, 0.2) is 0 Å². The van der Waals surface area contributed by atoms with Crippen molar-refractivity contribution in [2.45, 2.75) is 45.6 Å². The number of hydrogen-bond acceptors (Lipinski definition) is 4. The largest absolute Gasteiger partial charge is 0.367 e. The van der Waals surface area contributed by atoms with Gasteiger partial charge >= 0.3 is 6.03 Å². The van der Waals surface area contributed by atoms with Gasteiger partial charge in [-0.2, -0.15) is 0 Å². The van der Waals surface area contributed by atoms with Gasteiger partial charge in [-0.05, 0) is 42.7 Å². The summed E-state index contributed by atoms with van der Waals surface area (Å²) in [5.41, 5.74) is -0.116. The summed E-state index contributed by atoms with van der Waals surface area (Å²) < 4.78 is 14.0. The molecule has 3 aliphatic rings. The number of benzene rings is 1. The second-order valence-electron chi connectivity index (χ2n) is 9.80. The van der Waals surface area contributed by atoms with Crippen molar-refractivity contribution in [1.29, 1.82) is 0 Å². The summed E-state index contributed by atoms with van der Waals surface area (Å²) >= 11 is 0. The molecule has 4 rings (SSSR count). The number of rotatable bonds is 3. The van der Waals surface area contributed by atoms with Crippen LogP contribution in [0.1, 0.15) is 40.0 Å². The zero-order valence-electron chi connectivity index (χ0n) is 17.6. The molecule has 1 N–H and O–H groups in total. The normalized spacial score (nSPS) is 30.1. The van der Waals surface area contributed by atoms with E-state index in [1.54, 1.807) is 12.1 Å². The van der Waals surface area contributed by atoms with Crippen LogP contribution in [0.4, 0.5) is 14.9 Å². The van der Waals surface area contributed by atoms with E-state index < -0.39 is 5.54 Å². The molecule has 1 spiro atoms. The smallest absolute Gasteiger partial charge is 0.326 e. The summed E-state index contributed by atoms with van der Waals surface area (Å²) in [6, 6.07) is 6.51. The van der Waals surface area contributed by atoms with E-state index in [-0.39, 0.29) is 23.2 Å². The number of amides is 3. The number of imide groups is 1. The first-order valence-electron chi connectivity index (χ1n) is 10.6. The zero-order valence-corrected chi connectivity index (χ0v) is 17.6. The van der Waals surface area contributed by atoms with Gasteiger partial charge in [0.2, 0.25) is 0 Å². The maximum Gasteiger partial charge on any atom is 0.326 e. The van der Waals surface area contributed by atoms with E-state index in [1.165, 1.54) is 11.0 Å². The first-order valence-corrected chi connectivity index (χ1v) is 10.6. The molecule has 1 aromatic rings. The molecule has 3 fully saturated rings. The van der Waals surface area contributed by atoms with Crippen LogP contribution in [0.15, 0.2) is 24.3 Å². The number of anilines is 1. The zero-order chi connectivity index (χ0) is 20.8. The second kappa shape index (κ2) is 7.27. The first-order chi connectivity index (χ1) is 13.7. The van der Waals surface area contributed by atoms with Gasteiger partial charge in [0.05, 0.1) is 12.4 Å². The fourth-order valence-corrected chi connectivity index (χ4v) is 5.67. The minimum atomic E-state index is -0.757. The molecule has 0 bridgehead atoms. The molecule has 0 aromatic heterocycles. The predicted molar refractivity (Wildman–Crippen MR) is 110 cm³/mol. The Morgan fingerprint density at radius 2 is 1.79 bits per heavy atom. The van der Waals surface area contributed by atoms with Crippen molar-refractivity contribution in [3.8, 4) is 0 Å². The SMILES string of the molecule is CC1CC(C)(C)CC2(C1)NC(=O)N(CN1CCN(c3ccccc3F)CC1)C2=O. The molecule has 2 saturated heterocycles. The number of carbonyl (C=O) groups excluding carboxylic acids is 2. The van der Waals surface area contributed by atoms with E-state index in [4.69, 9.17) is 0 Å². The fraction of sp³-hybridized carbons (Fsp3) is 0.636. The maximum absolute atomic E-state index is 14.0. The van der Waals surface area contributed by atoms with Gasteiger partial charge in [0.1, 0.15) is 11.4 Å². The van der Waals surface area contributed by atoms with Crippen LogP contribution < -0.4 is 10.2 Å². The van der Waals surface area contributed by atoms with E-state index in [0.29, 0.717) is 57.3 Å². The van der Waals surface area contributed by atoms with Crippen molar-refractivity contribution in [3.05, 3.63) is 30.1 Å². The Labute approximate surface area is 172 Å². The van der Waals surface area contributed by atoms with Crippen LogP contribution >= 0.6 is 0 Å². The number of urea groups is 1. The van der Waals surface area contributed by atoms with Crippen molar-refractivity contribution in [3.63, 3.8) is 0 Å². The Balaban J connectivity index is 1.40. The van der Waals surface area contributed by atoms with Crippen LogP contribution in [0.3, 0.4) is 0 Å². The molecular weight excluding hydrogens is 371 g/mol. The highest BCUT2D eigenvalue weighted by molar-refractivity contribution is 6.07. The van der Waals surface area contributed by atoms with E-state index in [2.05, 4.69) is 31.0 Å². The summed E-state index contributed by atoms with van der Waals surface area (Å²) in [6.07, 6.45) is 2.46. The molecule has 7 heteroatoms. The van der Waals surface area contributed by atoms with Crippen LogP contribution in [-0.2, 0) is 4.79 Å². The number of nitrogens with one attached hydrogen (secondary N) is 1. The van der Waals surface area contributed by atoms with Gasteiger partial charge in [0.25, 0.3) is 5.91 Å². The highest BCUT2D eigenvalue weighted by Crippen LogP contribution is 2.46. The van der Waals surface area contributed by atoms with Gasteiger partial charge in [-0.25, -0.2) is 14.1 Å². The van der Waals surface area contributed by atoms with Crippen molar-refractivity contribution < 1.29 is 14.0 Å². The Morgan fingerprint density at radius 1 is 1.10 bits per heavy atom. The monoisotopic (exact) mass is 402 g/mol. The van der Waals surface area contributed by atoms with Gasteiger partial charge < -0.3 is 10.2 Å². The number of hydrogen-bond donors (Lipinski definition) is 1. The highest BCUT2D eigenvalue weighted by Gasteiger charge is 2.56. The standard InChI is InChI=1S/C22H31FN4O2/c1-16-12-21(2,3)14-22(13-16)19(28)27(20(29)24-22)15-25-8-10-26(11-9-25)18-7-5-4-6-17(18)23/h4-7,16H,8-15H2,1-3H3,(H,24,29). The molecule has 1 aliphatic carbocycles. The summed E-state index contributed by atoms with van der Waals surface area (Å²) in [7, 11) is 0. The molecule has 29 heavy (non-hydrogen) atoms. The van der Waals surface area contributed by atoms with E-state index >= 15 is 0 Å². The average Bonchev–Trinajstić information content (AvgIpc) is 2.84. The van der Waals surface area contributed by atoms with Gasteiger partial charge in [0, 0.05) is 26.2 Å². The quantitative estimate of drug-likeness (QED) is 0.790. The maximum atomic E-state index is 14.0. The van der Waals surface area contributed by atoms with Crippen molar-refractivity contribution in [1.82, 2.24) is 15.1 Å². The van der Waals surface area contributed by atoms with Crippen LogP contribution in [0.25, 0.3) is 0 Å². The van der Waals surface area contributed by atoms with Crippen LogP contribution in [0.5, 0.6) is 0 Å². The first kappa shape index (κ1) is 20.1. The fourth-order valence-electron chi connectivity index (χ4n) is 5.67. The third kappa shape index (κ3) is 3.84. The van der Waals surface area contributed by atoms with Gasteiger partial charge in [-0.1, -0.05) is 32.9 Å². The number of para-hydroxylation sites is 1. The molecule has 2 unspecified atom stereocenters. The van der Waals surface area contributed by atoms with Gasteiger partial charge in [-0.15, -0.1) is 0 Å². The number of piperazine rings is 1. The molecule has 6 nitrogen and oxygen atoms in total. The lowest BCUT2D eigenvalue weighted by Crippen LogP contribution is -2.55. The van der Waals surface area contributed by atoms with Crippen molar-refractivity contribution in [2.75, 3.05) is 37.7 Å². The van der Waals surface area contributed by atoms with Gasteiger partial charge in [-0.3, -0.25) is 9.69 Å². The van der Waals surface area contributed by atoms with Crippen LogP contribution in [0, 0.1) is 17.2 Å². The topological polar surface area (TPSA) is 55.9 Å². The van der Waals surface area contributed by atoms with E-state index in [0.717, 1.165) is 6.42 Å². The Hall–Kier alpha value is -2.15. The lowest BCUT2D eigenvalue weighted by Gasteiger charge is -2.44. The minimum Gasteiger partial charge on any atom is -0.367 e. The third-order valence-corrected chi connectivity index (χ3v) is 6.53. The predicted octanol–water partition coefficient (Wildman–Crippen LogP) is 3.04. The number of halogens is 1. The molecule has 0 radical (unpaired) electrons. The minimum absolute atomic E-state index is 0.0298. The molecule has 2 heterocycles. The summed E-state index contributed by atoms with van der Waals surface area (Å²) in [6.45, 7) is 9.50. The molecule has 1 aromatic carbocycles. The summed E-state index contributed by atoms with van der Waals surface area (Å²) in [4.78, 5) is 31.5. The lowest BCUT2D eigenvalue weighted by molar-refractivity contribution is -0.136. The van der Waals surface area contributed by atoms with Crippen LogP contribution in [-0.4, -0.2) is 60.1 Å². The van der Waals surface area contributed by atoms with Crippen molar-refractivity contribution in [2.24, 2.45) is 11.3 Å². The summed E-state index contributed by atoms with van der Waals surface area (Å²) in [5, 5.41) is 3.04. The Kier molecular flexibility index (Phi) is 5.05. The number of nitrogens with zero attached hydrogens (tertiary/aromatic N) is 3. The third-order valence-electron chi connectivity index (χ3n) is 6.53. The molecule has 3 amide bonds. The van der Waals surface area contributed by atoms with E-state index in [1.807, 2.05) is 11.0 Å². The van der Waals surface area contributed by atoms with Crippen LogP contribution in [0.2, 0.25) is 0 Å². The summed E-state index contributed by atoms with van der Waals surface area (Å²) in [5.74, 6) is 0.0944. The Bertz CT molecular complexity index is 806. The van der Waals surface area contributed by atoms with E-state index in [9.17, 15) is 14.0 Å². The molecular formula is C22H31FN4O2. The molecule has 158 valence electrons.